The van der Waals surface area contributed by atoms with Crippen LogP contribution in [0.2, 0.25) is 5.02 Å². The number of benzene rings is 2. The fourth-order valence-corrected chi connectivity index (χ4v) is 2.57. The Hall–Kier alpha value is -2.66. The Labute approximate surface area is 144 Å². The summed E-state index contributed by atoms with van der Waals surface area (Å²) in [5.74, 6) is 0.316. The Morgan fingerprint density at radius 1 is 1.08 bits per heavy atom. The van der Waals surface area contributed by atoms with Crippen molar-refractivity contribution in [3.8, 4) is 0 Å². The molecule has 0 saturated carbocycles. The summed E-state index contributed by atoms with van der Waals surface area (Å²) in [4.78, 5) is 15.0. The zero-order valence-corrected chi connectivity index (χ0v) is 14.2. The lowest BCUT2D eigenvalue weighted by Crippen LogP contribution is -2.19. The van der Waals surface area contributed by atoms with Crippen LogP contribution >= 0.6 is 11.6 Å². The molecule has 0 aliphatic rings. The molecular formula is C18H17ClN4O. The summed E-state index contributed by atoms with van der Waals surface area (Å²) in [7, 11) is 0. The first-order chi connectivity index (χ1) is 11.5. The van der Waals surface area contributed by atoms with Gasteiger partial charge in [-0.15, -0.1) is 10.2 Å². The van der Waals surface area contributed by atoms with Gasteiger partial charge in [0.25, 0.3) is 5.56 Å². The number of anilines is 2. The summed E-state index contributed by atoms with van der Waals surface area (Å²) < 4.78 is 0. The van der Waals surface area contributed by atoms with Crippen LogP contribution in [0.4, 0.5) is 11.6 Å². The van der Waals surface area contributed by atoms with Gasteiger partial charge in [0.1, 0.15) is 5.69 Å². The van der Waals surface area contributed by atoms with E-state index in [2.05, 4.69) is 20.5 Å². The van der Waals surface area contributed by atoms with Gasteiger partial charge in [-0.05, 0) is 42.7 Å². The number of nitrogens with zero attached hydrogens (tertiary/aromatic N) is 2. The molecule has 0 unspecified atom stereocenters. The summed E-state index contributed by atoms with van der Waals surface area (Å²) in [6.45, 7) is 4.04. The Morgan fingerprint density at radius 3 is 2.62 bits per heavy atom. The van der Waals surface area contributed by atoms with Gasteiger partial charge in [-0.25, -0.2) is 0 Å². The van der Waals surface area contributed by atoms with E-state index in [9.17, 15) is 4.79 Å². The number of hydrogen-bond acceptors (Lipinski definition) is 4. The molecule has 122 valence electrons. The van der Waals surface area contributed by atoms with Gasteiger partial charge in [-0.1, -0.05) is 41.9 Å². The maximum absolute atomic E-state index is 12.3. The minimum absolute atomic E-state index is 0.280. The second kappa shape index (κ2) is 6.84. The lowest BCUT2D eigenvalue weighted by molar-refractivity contribution is 0.874. The van der Waals surface area contributed by atoms with Crippen LogP contribution in [0, 0.1) is 13.8 Å². The predicted molar refractivity (Wildman–Crippen MR) is 96.1 cm³/mol. The summed E-state index contributed by atoms with van der Waals surface area (Å²) >= 11 is 6.12. The molecule has 6 heteroatoms. The van der Waals surface area contributed by atoms with Crippen molar-refractivity contribution in [1.82, 2.24) is 15.2 Å². The van der Waals surface area contributed by atoms with Gasteiger partial charge in [0.15, 0.2) is 0 Å². The van der Waals surface area contributed by atoms with Crippen LogP contribution in [0.25, 0.3) is 0 Å². The SMILES string of the molecule is Cc1cccc(Nc2nnc(Cc3ccccc3Cl)c(=O)[nH]2)c1C. The third-order valence-corrected chi connectivity index (χ3v) is 4.31. The van der Waals surface area contributed by atoms with Crippen LogP contribution in [-0.4, -0.2) is 15.2 Å². The average molecular weight is 341 g/mol. The first-order valence-electron chi connectivity index (χ1n) is 7.57. The number of H-pyrrole nitrogens is 1. The number of halogens is 1. The fraction of sp³-hybridized carbons (Fsp3) is 0.167. The van der Waals surface area contributed by atoms with Crippen molar-refractivity contribution in [3.63, 3.8) is 0 Å². The maximum atomic E-state index is 12.3. The van der Waals surface area contributed by atoms with Crippen molar-refractivity contribution in [2.45, 2.75) is 20.3 Å². The molecule has 2 N–H and O–H groups in total. The van der Waals surface area contributed by atoms with Gasteiger partial charge in [-0.2, -0.15) is 0 Å². The molecule has 1 aromatic heterocycles. The Balaban J connectivity index is 1.84. The first-order valence-corrected chi connectivity index (χ1v) is 7.95. The van der Waals surface area contributed by atoms with Crippen molar-refractivity contribution in [2.75, 3.05) is 5.32 Å². The largest absolute Gasteiger partial charge is 0.324 e. The molecule has 0 atom stereocenters. The van der Waals surface area contributed by atoms with Crippen LogP contribution < -0.4 is 10.9 Å². The summed E-state index contributed by atoms with van der Waals surface area (Å²) in [6, 6.07) is 13.3. The molecule has 5 nitrogen and oxygen atoms in total. The molecule has 2 aromatic carbocycles. The molecule has 0 fully saturated rings. The van der Waals surface area contributed by atoms with Crippen molar-refractivity contribution < 1.29 is 0 Å². The van der Waals surface area contributed by atoms with E-state index in [1.807, 2.05) is 50.2 Å². The highest BCUT2D eigenvalue weighted by Gasteiger charge is 2.09. The molecule has 0 bridgehead atoms. The lowest BCUT2D eigenvalue weighted by atomic mass is 10.1. The highest BCUT2D eigenvalue weighted by atomic mass is 35.5. The van der Waals surface area contributed by atoms with E-state index < -0.39 is 0 Å². The zero-order valence-electron chi connectivity index (χ0n) is 13.4. The molecule has 0 aliphatic carbocycles. The van der Waals surface area contributed by atoms with Gasteiger partial charge in [0.2, 0.25) is 5.95 Å². The fourth-order valence-electron chi connectivity index (χ4n) is 2.37. The lowest BCUT2D eigenvalue weighted by Gasteiger charge is -2.10. The third-order valence-electron chi connectivity index (χ3n) is 3.94. The van der Waals surface area contributed by atoms with Gasteiger partial charge in [-0.3, -0.25) is 9.78 Å². The summed E-state index contributed by atoms with van der Waals surface area (Å²) in [6.07, 6.45) is 0.339. The highest BCUT2D eigenvalue weighted by molar-refractivity contribution is 6.31. The van der Waals surface area contributed by atoms with E-state index in [1.165, 1.54) is 0 Å². The quantitative estimate of drug-likeness (QED) is 0.758. The number of aromatic amines is 1. The Kier molecular flexibility index (Phi) is 4.62. The van der Waals surface area contributed by atoms with Crippen molar-refractivity contribution in [3.05, 3.63) is 80.2 Å². The number of aryl methyl sites for hydroxylation is 1. The molecule has 3 rings (SSSR count). The third kappa shape index (κ3) is 3.46. The van der Waals surface area contributed by atoms with E-state index in [0.717, 1.165) is 22.4 Å². The average Bonchev–Trinajstić information content (AvgIpc) is 2.56. The number of nitrogens with one attached hydrogen (secondary N) is 2. The number of hydrogen-bond donors (Lipinski definition) is 2. The van der Waals surface area contributed by atoms with Crippen molar-refractivity contribution in [1.29, 1.82) is 0 Å². The van der Waals surface area contributed by atoms with E-state index in [4.69, 9.17) is 11.6 Å². The zero-order chi connectivity index (χ0) is 17.1. The van der Waals surface area contributed by atoms with E-state index in [0.29, 0.717) is 23.1 Å². The molecule has 0 amide bonds. The molecule has 1 heterocycles. The van der Waals surface area contributed by atoms with Crippen molar-refractivity contribution in [2.24, 2.45) is 0 Å². The molecule has 0 radical (unpaired) electrons. The van der Waals surface area contributed by atoms with Crippen LogP contribution in [0.5, 0.6) is 0 Å². The van der Waals surface area contributed by atoms with Crippen molar-refractivity contribution >= 4 is 23.2 Å². The van der Waals surface area contributed by atoms with Crippen LogP contribution in [0.3, 0.4) is 0 Å². The normalized spacial score (nSPS) is 10.6. The van der Waals surface area contributed by atoms with E-state index in [-0.39, 0.29) is 5.56 Å². The molecule has 3 aromatic rings. The van der Waals surface area contributed by atoms with Gasteiger partial charge < -0.3 is 5.32 Å². The Morgan fingerprint density at radius 2 is 1.88 bits per heavy atom. The molecule has 24 heavy (non-hydrogen) atoms. The maximum Gasteiger partial charge on any atom is 0.274 e. The topological polar surface area (TPSA) is 70.7 Å². The highest BCUT2D eigenvalue weighted by Crippen LogP contribution is 2.20. The van der Waals surface area contributed by atoms with Gasteiger partial charge in [0, 0.05) is 17.1 Å². The molecular weight excluding hydrogens is 324 g/mol. The predicted octanol–water partition coefficient (Wildman–Crippen LogP) is 3.77. The Bertz CT molecular complexity index is 936. The monoisotopic (exact) mass is 340 g/mol. The van der Waals surface area contributed by atoms with Gasteiger partial charge >= 0.3 is 0 Å². The second-order valence-electron chi connectivity index (χ2n) is 5.59. The van der Waals surface area contributed by atoms with Gasteiger partial charge in [0.05, 0.1) is 0 Å². The van der Waals surface area contributed by atoms with E-state index in [1.54, 1.807) is 6.07 Å². The first kappa shape index (κ1) is 16.2. The summed E-state index contributed by atoms with van der Waals surface area (Å²) in [5, 5.41) is 11.8. The number of aromatic nitrogens is 3. The van der Waals surface area contributed by atoms with Crippen LogP contribution in [0.15, 0.2) is 47.3 Å². The minimum atomic E-state index is -0.280. The molecule has 0 saturated heterocycles. The summed E-state index contributed by atoms with van der Waals surface area (Å²) in [5.41, 5.74) is 4.03. The molecule has 0 spiro atoms. The smallest absolute Gasteiger partial charge is 0.274 e. The minimum Gasteiger partial charge on any atom is -0.324 e. The molecule has 0 aliphatic heterocycles. The van der Waals surface area contributed by atoms with Crippen LogP contribution in [-0.2, 0) is 6.42 Å². The standard InChI is InChI=1S/C18H17ClN4O/c1-11-6-5-9-15(12(11)2)20-18-21-17(24)16(22-23-18)10-13-7-3-4-8-14(13)19/h3-9H,10H2,1-2H3,(H2,20,21,23,24). The van der Waals surface area contributed by atoms with E-state index >= 15 is 0 Å². The second-order valence-corrected chi connectivity index (χ2v) is 6.00. The number of rotatable bonds is 4. The van der Waals surface area contributed by atoms with Crippen LogP contribution in [0.1, 0.15) is 22.4 Å².